The summed E-state index contributed by atoms with van der Waals surface area (Å²) >= 11 is 5.87. The highest BCUT2D eigenvalue weighted by atomic mass is 35.5. The van der Waals surface area contributed by atoms with Crippen LogP contribution in [0, 0.1) is 5.82 Å². The second-order valence-electron chi connectivity index (χ2n) is 5.32. The molecule has 3 aromatic rings. The summed E-state index contributed by atoms with van der Waals surface area (Å²) in [5.41, 5.74) is 7.39. The number of anilines is 1. The van der Waals surface area contributed by atoms with Crippen LogP contribution >= 0.6 is 11.6 Å². The lowest BCUT2D eigenvalue weighted by molar-refractivity contribution is 0.0950. The number of pyridine rings is 1. The average molecular weight is 347 g/mol. The van der Waals surface area contributed by atoms with Gasteiger partial charge < -0.3 is 11.1 Å². The minimum absolute atomic E-state index is 0.0231. The average Bonchev–Trinajstić information content (AvgIpc) is 2.92. The van der Waals surface area contributed by atoms with Crippen LogP contribution in [-0.2, 0) is 0 Å². The zero-order chi connectivity index (χ0) is 17.3. The van der Waals surface area contributed by atoms with Crippen molar-refractivity contribution in [3.8, 4) is 11.1 Å². The van der Waals surface area contributed by atoms with Gasteiger partial charge in [-0.3, -0.25) is 9.20 Å². The summed E-state index contributed by atoms with van der Waals surface area (Å²) < 4.78 is 15.9. The number of nitrogen functional groups attached to an aromatic ring is 1. The molecule has 0 aliphatic rings. The Bertz CT molecular complexity index is 922. The Morgan fingerprint density at radius 3 is 2.83 bits per heavy atom. The van der Waals surface area contributed by atoms with Crippen LogP contribution < -0.4 is 11.1 Å². The molecule has 7 heteroatoms. The van der Waals surface area contributed by atoms with Crippen molar-refractivity contribution in [2.45, 2.75) is 13.3 Å². The molecule has 0 aliphatic carbocycles. The fraction of sp³-hybridized carbons (Fsp3) is 0.176. The van der Waals surface area contributed by atoms with Gasteiger partial charge in [-0.2, -0.15) is 0 Å². The highest BCUT2D eigenvalue weighted by molar-refractivity contribution is 6.31. The number of halogens is 2. The summed E-state index contributed by atoms with van der Waals surface area (Å²) in [6.45, 7) is 2.48. The second-order valence-corrected chi connectivity index (χ2v) is 5.73. The number of carbonyl (C=O) groups is 1. The number of benzene rings is 1. The molecule has 0 fully saturated rings. The van der Waals surface area contributed by atoms with Gasteiger partial charge in [0, 0.05) is 23.9 Å². The SMILES string of the molecule is CCCNC(=O)c1nc2c(-c3cccc(Cl)c3F)cccn2c1N. The molecule has 3 rings (SSSR count). The second kappa shape index (κ2) is 6.49. The molecule has 0 spiro atoms. The van der Waals surface area contributed by atoms with Crippen molar-refractivity contribution in [1.82, 2.24) is 14.7 Å². The summed E-state index contributed by atoms with van der Waals surface area (Å²) in [6.07, 6.45) is 2.48. The number of amides is 1. The fourth-order valence-electron chi connectivity index (χ4n) is 2.50. The molecule has 0 unspecified atom stereocenters. The normalized spacial score (nSPS) is 11.0. The first kappa shape index (κ1) is 16.3. The van der Waals surface area contributed by atoms with E-state index in [0.29, 0.717) is 23.3 Å². The van der Waals surface area contributed by atoms with Gasteiger partial charge in [-0.25, -0.2) is 9.37 Å². The minimum atomic E-state index is -0.536. The Morgan fingerprint density at radius 2 is 2.08 bits per heavy atom. The minimum Gasteiger partial charge on any atom is -0.383 e. The summed E-state index contributed by atoms with van der Waals surface area (Å²) in [5, 5.41) is 2.76. The van der Waals surface area contributed by atoms with Gasteiger partial charge in [-0.15, -0.1) is 0 Å². The highest BCUT2D eigenvalue weighted by Gasteiger charge is 2.20. The number of hydrogen-bond donors (Lipinski definition) is 2. The van der Waals surface area contributed by atoms with Gasteiger partial charge in [-0.1, -0.05) is 30.7 Å². The van der Waals surface area contributed by atoms with Gasteiger partial charge in [0.05, 0.1) is 5.02 Å². The Morgan fingerprint density at radius 1 is 1.33 bits per heavy atom. The van der Waals surface area contributed by atoms with Gasteiger partial charge in [0.2, 0.25) is 0 Å². The standard InChI is InChI=1S/C17H16ClFN4O/c1-2-8-21-17(24)14-15(20)23-9-4-6-11(16(23)22-14)10-5-3-7-12(18)13(10)19/h3-7,9H,2,8,20H2,1H3,(H,21,24). The molecule has 24 heavy (non-hydrogen) atoms. The van der Waals surface area contributed by atoms with Crippen molar-refractivity contribution in [3.63, 3.8) is 0 Å². The number of nitrogens with two attached hydrogens (primary N) is 1. The van der Waals surface area contributed by atoms with Gasteiger partial charge in [0.15, 0.2) is 5.69 Å². The first-order chi connectivity index (χ1) is 11.5. The zero-order valence-corrected chi connectivity index (χ0v) is 13.8. The maximum absolute atomic E-state index is 14.4. The predicted molar refractivity (Wildman–Crippen MR) is 92.6 cm³/mol. The van der Waals surface area contributed by atoms with E-state index in [0.717, 1.165) is 6.42 Å². The Labute approximate surface area is 143 Å². The maximum atomic E-state index is 14.4. The molecule has 0 saturated heterocycles. The molecule has 3 N–H and O–H groups in total. The largest absolute Gasteiger partial charge is 0.383 e. The Hall–Kier alpha value is -2.60. The molecule has 5 nitrogen and oxygen atoms in total. The highest BCUT2D eigenvalue weighted by Crippen LogP contribution is 2.31. The third-order valence-electron chi connectivity index (χ3n) is 3.68. The topological polar surface area (TPSA) is 72.4 Å². The number of carbonyl (C=O) groups excluding carboxylic acids is 1. The number of hydrogen-bond acceptors (Lipinski definition) is 3. The van der Waals surface area contributed by atoms with Crippen LogP contribution in [-0.4, -0.2) is 21.8 Å². The summed E-state index contributed by atoms with van der Waals surface area (Å²) in [6, 6.07) is 8.17. The first-order valence-corrected chi connectivity index (χ1v) is 7.91. The fourth-order valence-corrected chi connectivity index (χ4v) is 2.67. The van der Waals surface area contributed by atoms with E-state index in [1.807, 2.05) is 6.92 Å². The maximum Gasteiger partial charge on any atom is 0.273 e. The number of fused-ring (bicyclic) bond motifs is 1. The van der Waals surface area contributed by atoms with Crippen LogP contribution in [0.5, 0.6) is 0 Å². The summed E-state index contributed by atoms with van der Waals surface area (Å²) in [5.74, 6) is -0.677. The smallest absolute Gasteiger partial charge is 0.273 e. The Balaban J connectivity index is 2.18. The van der Waals surface area contributed by atoms with E-state index in [1.54, 1.807) is 34.9 Å². The van der Waals surface area contributed by atoms with Crippen molar-refractivity contribution in [2.24, 2.45) is 0 Å². The number of rotatable bonds is 4. The van der Waals surface area contributed by atoms with Crippen LogP contribution in [0.15, 0.2) is 36.5 Å². The van der Waals surface area contributed by atoms with Crippen LogP contribution in [0.1, 0.15) is 23.8 Å². The Kier molecular flexibility index (Phi) is 4.40. The molecule has 1 aromatic carbocycles. The van der Waals surface area contributed by atoms with Crippen LogP contribution in [0.4, 0.5) is 10.2 Å². The third kappa shape index (κ3) is 2.69. The number of imidazole rings is 1. The molecule has 0 aliphatic heterocycles. The molecule has 0 radical (unpaired) electrons. The molecule has 0 saturated carbocycles. The van der Waals surface area contributed by atoms with Crippen molar-refractivity contribution >= 4 is 29.0 Å². The van der Waals surface area contributed by atoms with Crippen molar-refractivity contribution in [3.05, 3.63) is 53.1 Å². The van der Waals surface area contributed by atoms with Gasteiger partial charge in [0.1, 0.15) is 17.3 Å². The van der Waals surface area contributed by atoms with Crippen molar-refractivity contribution in [1.29, 1.82) is 0 Å². The van der Waals surface area contributed by atoms with Gasteiger partial charge >= 0.3 is 0 Å². The van der Waals surface area contributed by atoms with E-state index in [1.165, 1.54) is 6.07 Å². The number of aromatic nitrogens is 2. The molecule has 0 bridgehead atoms. The summed E-state index contributed by atoms with van der Waals surface area (Å²) in [4.78, 5) is 16.5. The third-order valence-corrected chi connectivity index (χ3v) is 3.97. The summed E-state index contributed by atoms with van der Waals surface area (Å²) in [7, 11) is 0. The molecule has 0 atom stereocenters. The predicted octanol–water partition coefficient (Wildman–Crippen LogP) is 3.52. The lowest BCUT2D eigenvalue weighted by Gasteiger charge is -2.06. The molecule has 2 heterocycles. The zero-order valence-electron chi connectivity index (χ0n) is 13.0. The monoisotopic (exact) mass is 346 g/mol. The van der Waals surface area contributed by atoms with Gasteiger partial charge in [-0.05, 0) is 24.6 Å². The molecule has 124 valence electrons. The van der Waals surface area contributed by atoms with Crippen LogP contribution in [0.2, 0.25) is 5.02 Å². The van der Waals surface area contributed by atoms with Crippen LogP contribution in [0.25, 0.3) is 16.8 Å². The number of nitrogens with one attached hydrogen (secondary N) is 1. The quantitative estimate of drug-likeness (QED) is 0.759. The van der Waals surface area contributed by atoms with E-state index < -0.39 is 5.82 Å². The van der Waals surface area contributed by atoms with Gasteiger partial charge in [0.25, 0.3) is 5.91 Å². The van der Waals surface area contributed by atoms with E-state index in [2.05, 4.69) is 10.3 Å². The van der Waals surface area contributed by atoms with E-state index >= 15 is 0 Å². The van der Waals surface area contributed by atoms with E-state index in [-0.39, 0.29) is 22.4 Å². The molecular weight excluding hydrogens is 331 g/mol. The van der Waals surface area contributed by atoms with Crippen molar-refractivity contribution < 1.29 is 9.18 Å². The van der Waals surface area contributed by atoms with Crippen molar-refractivity contribution in [2.75, 3.05) is 12.3 Å². The van der Waals surface area contributed by atoms with Crippen LogP contribution in [0.3, 0.4) is 0 Å². The molecule has 2 aromatic heterocycles. The molecular formula is C17H16ClFN4O. The van der Waals surface area contributed by atoms with E-state index in [4.69, 9.17) is 17.3 Å². The lowest BCUT2D eigenvalue weighted by atomic mass is 10.1. The van der Waals surface area contributed by atoms with E-state index in [9.17, 15) is 9.18 Å². The lowest BCUT2D eigenvalue weighted by Crippen LogP contribution is -2.25. The first-order valence-electron chi connectivity index (χ1n) is 7.53. The number of nitrogens with zero attached hydrogens (tertiary/aromatic N) is 2. The molecule has 1 amide bonds.